The Morgan fingerprint density at radius 1 is 1.56 bits per heavy atom. The topological polar surface area (TPSA) is 55.8 Å². The third-order valence-corrected chi connectivity index (χ3v) is 3.75. The summed E-state index contributed by atoms with van der Waals surface area (Å²) < 4.78 is 10.1. The lowest BCUT2D eigenvalue weighted by molar-refractivity contribution is -0.132. The van der Waals surface area contributed by atoms with Gasteiger partial charge in [-0.25, -0.2) is 0 Å². The van der Waals surface area contributed by atoms with Crippen molar-refractivity contribution in [2.45, 2.75) is 19.4 Å². The van der Waals surface area contributed by atoms with Gasteiger partial charge in [0.2, 0.25) is 0 Å². The standard InChI is InChI=1S/C12H18O4/c1-12-5-8(6-16-7-15-2)9(11(12)14)3-4-10(12)13/h3-4,8-10,13H,5-7H2,1-2H3/t8-,9-,10+,12-/m0/s1. The number of hydrogen-bond acceptors (Lipinski definition) is 4. The Morgan fingerprint density at radius 2 is 2.31 bits per heavy atom. The van der Waals surface area contributed by atoms with Gasteiger partial charge in [0, 0.05) is 13.0 Å². The van der Waals surface area contributed by atoms with Crippen LogP contribution in [-0.2, 0) is 14.3 Å². The summed E-state index contributed by atoms with van der Waals surface area (Å²) in [5.74, 6) is 0.222. The molecule has 4 heteroatoms. The van der Waals surface area contributed by atoms with Crippen molar-refractivity contribution in [1.82, 2.24) is 0 Å². The van der Waals surface area contributed by atoms with Gasteiger partial charge in [-0.05, 0) is 19.3 Å². The molecule has 4 atom stereocenters. The Balaban J connectivity index is 2.05. The number of aliphatic hydroxyl groups is 1. The summed E-state index contributed by atoms with van der Waals surface area (Å²) in [6, 6.07) is 0. The molecule has 16 heavy (non-hydrogen) atoms. The van der Waals surface area contributed by atoms with Crippen LogP contribution in [0.2, 0.25) is 0 Å². The SMILES string of the molecule is COCOC[C@@H]1C[C@]2(C)C(=O)[C@H]1C=C[C@H]2O. The van der Waals surface area contributed by atoms with Gasteiger partial charge in [-0.1, -0.05) is 12.2 Å². The monoisotopic (exact) mass is 226 g/mol. The number of ketones is 1. The molecule has 0 radical (unpaired) electrons. The maximum atomic E-state index is 12.1. The van der Waals surface area contributed by atoms with Gasteiger partial charge in [0.25, 0.3) is 0 Å². The first-order valence-corrected chi connectivity index (χ1v) is 5.57. The van der Waals surface area contributed by atoms with E-state index >= 15 is 0 Å². The Bertz CT molecular complexity index is 312. The third kappa shape index (κ3) is 1.71. The minimum absolute atomic E-state index is 0.0924. The van der Waals surface area contributed by atoms with Crippen molar-refractivity contribution in [3.8, 4) is 0 Å². The summed E-state index contributed by atoms with van der Waals surface area (Å²) in [5, 5.41) is 9.84. The Labute approximate surface area is 95.2 Å². The number of carbonyl (C=O) groups is 1. The van der Waals surface area contributed by atoms with Crippen LogP contribution in [0.3, 0.4) is 0 Å². The number of methoxy groups -OCH3 is 1. The zero-order valence-corrected chi connectivity index (χ0v) is 9.68. The fraction of sp³-hybridized carbons (Fsp3) is 0.750. The quantitative estimate of drug-likeness (QED) is 0.436. The summed E-state index contributed by atoms with van der Waals surface area (Å²) in [6.45, 7) is 2.60. The van der Waals surface area contributed by atoms with Crippen LogP contribution in [0.25, 0.3) is 0 Å². The number of Topliss-reactive ketones (excluding diaryl/α,β-unsaturated/α-hetero) is 1. The molecule has 0 amide bonds. The van der Waals surface area contributed by atoms with Crippen molar-refractivity contribution >= 4 is 5.78 Å². The highest BCUT2D eigenvalue weighted by atomic mass is 16.7. The summed E-state index contributed by atoms with van der Waals surface area (Å²) in [4.78, 5) is 12.1. The van der Waals surface area contributed by atoms with E-state index in [0.717, 1.165) is 0 Å². The average Bonchev–Trinajstić information content (AvgIpc) is 2.41. The van der Waals surface area contributed by atoms with E-state index in [4.69, 9.17) is 9.47 Å². The van der Waals surface area contributed by atoms with Gasteiger partial charge in [0.1, 0.15) is 12.6 Å². The third-order valence-electron chi connectivity index (χ3n) is 3.75. The molecule has 1 saturated carbocycles. The molecule has 0 aliphatic heterocycles. The average molecular weight is 226 g/mol. The molecule has 2 aliphatic carbocycles. The zero-order valence-electron chi connectivity index (χ0n) is 9.68. The molecule has 1 N–H and O–H groups in total. The first kappa shape index (κ1) is 11.8. The Morgan fingerprint density at radius 3 is 2.94 bits per heavy atom. The van der Waals surface area contributed by atoms with Crippen LogP contribution in [0, 0.1) is 17.3 Å². The molecule has 0 aromatic heterocycles. The molecule has 0 aromatic carbocycles. The molecule has 0 aromatic rings. The second kappa shape index (κ2) is 4.28. The lowest BCUT2D eigenvalue weighted by atomic mass is 9.77. The molecular formula is C12H18O4. The van der Waals surface area contributed by atoms with Gasteiger partial charge in [0.05, 0.1) is 18.1 Å². The van der Waals surface area contributed by atoms with E-state index < -0.39 is 11.5 Å². The smallest absolute Gasteiger partial charge is 0.148 e. The van der Waals surface area contributed by atoms with Crippen molar-refractivity contribution in [3.05, 3.63) is 12.2 Å². The number of rotatable bonds is 4. The fourth-order valence-corrected chi connectivity index (χ4v) is 2.76. The Kier molecular flexibility index (Phi) is 3.15. The van der Waals surface area contributed by atoms with Crippen molar-refractivity contribution in [2.24, 2.45) is 17.3 Å². The Hall–Kier alpha value is -0.710. The van der Waals surface area contributed by atoms with Gasteiger partial charge in [-0.2, -0.15) is 0 Å². The maximum Gasteiger partial charge on any atom is 0.148 e. The van der Waals surface area contributed by atoms with Crippen LogP contribution in [0.15, 0.2) is 12.2 Å². The first-order valence-electron chi connectivity index (χ1n) is 5.57. The normalized spacial score (nSPS) is 41.7. The van der Waals surface area contributed by atoms with Crippen LogP contribution in [-0.4, -0.2) is 37.5 Å². The highest BCUT2D eigenvalue weighted by Gasteiger charge is 2.54. The molecule has 0 spiro atoms. The molecule has 2 rings (SSSR count). The molecule has 0 unspecified atom stereocenters. The molecule has 90 valence electrons. The highest BCUT2D eigenvalue weighted by Crippen LogP contribution is 2.48. The maximum absolute atomic E-state index is 12.1. The van der Waals surface area contributed by atoms with Gasteiger partial charge in [0.15, 0.2) is 0 Å². The summed E-state index contributed by atoms with van der Waals surface area (Å²) in [7, 11) is 1.57. The number of allylic oxidation sites excluding steroid dienone is 1. The van der Waals surface area contributed by atoms with Gasteiger partial charge in [-0.3, -0.25) is 4.79 Å². The fourth-order valence-electron chi connectivity index (χ4n) is 2.76. The van der Waals surface area contributed by atoms with E-state index in [-0.39, 0.29) is 24.4 Å². The van der Waals surface area contributed by atoms with Crippen LogP contribution in [0.5, 0.6) is 0 Å². The second-order valence-electron chi connectivity index (χ2n) is 4.88. The largest absolute Gasteiger partial charge is 0.388 e. The van der Waals surface area contributed by atoms with E-state index in [1.54, 1.807) is 13.2 Å². The van der Waals surface area contributed by atoms with Gasteiger partial charge >= 0.3 is 0 Å². The van der Waals surface area contributed by atoms with Crippen molar-refractivity contribution in [1.29, 1.82) is 0 Å². The predicted octanol–water partition coefficient (Wildman–Crippen LogP) is 0.749. The first-order chi connectivity index (χ1) is 7.59. The summed E-state index contributed by atoms with van der Waals surface area (Å²) in [6.07, 6.45) is 3.60. The highest BCUT2D eigenvalue weighted by molar-refractivity contribution is 5.92. The van der Waals surface area contributed by atoms with Crippen molar-refractivity contribution in [2.75, 3.05) is 20.5 Å². The van der Waals surface area contributed by atoms with E-state index in [1.165, 1.54) is 0 Å². The summed E-state index contributed by atoms with van der Waals surface area (Å²) >= 11 is 0. The number of aliphatic hydroxyl groups excluding tert-OH is 1. The predicted molar refractivity (Wildman–Crippen MR) is 57.7 cm³/mol. The van der Waals surface area contributed by atoms with E-state index in [9.17, 15) is 9.90 Å². The van der Waals surface area contributed by atoms with Crippen molar-refractivity contribution in [3.63, 3.8) is 0 Å². The zero-order chi connectivity index (χ0) is 11.8. The lowest BCUT2D eigenvalue weighted by Gasteiger charge is -2.28. The van der Waals surface area contributed by atoms with Crippen LogP contribution in [0.4, 0.5) is 0 Å². The van der Waals surface area contributed by atoms with Crippen LogP contribution < -0.4 is 0 Å². The van der Waals surface area contributed by atoms with E-state index in [2.05, 4.69) is 0 Å². The van der Waals surface area contributed by atoms with E-state index in [0.29, 0.717) is 13.0 Å². The molecule has 0 heterocycles. The number of ether oxygens (including phenoxy) is 2. The summed E-state index contributed by atoms with van der Waals surface area (Å²) in [5.41, 5.74) is -0.611. The van der Waals surface area contributed by atoms with Crippen LogP contribution >= 0.6 is 0 Å². The number of hydrogen-bond donors (Lipinski definition) is 1. The molecule has 1 fully saturated rings. The minimum Gasteiger partial charge on any atom is -0.388 e. The molecule has 2 aliphatic rings. The second-order valence-corrected chi connectivity index (χ2v) is 4.88. The molecular weight excluding hydrogens is 208 g/mol. The number of carbonyl (C=O) groups excluding carboxylic acids is 1. The van der Waals surface area contributed by atoms with Crippen molar-refractivity contribution < 1.29 is 19.4 Å². The molecule has 2 bridgehead atoms. The van der Waals surface area contributed by atoms with Gasteiger partial charge < -0.3 is 14.6 Å². The minimum atomic E-state index is -0.649. The molecule has 4 nitrogen and oxygen atoms in total. The lowest BCUT2D eigenvalue weighted by Crippen LogP contribution is -2.38. The number of fused-ring (bicyclic) bond motifs is 2. The van der Waals surface area contributed by atoms with Gasteiger partial charge in [-0.15, -0.1) is 0 Å². The van der Waals surface area contributed by atoms with E-state index in [1.807, 2.05) is 13.0 Å². The van der Waals surface area contributed by atoms with Crippen LogP contribution in [0.1, 0.15) is 13.3 Å². The molecule has 0 saturated heterocycles.